The highest BCUT2D eigenvalue weighted by Crippen LogP contribution is 2.43. The number of nitrogens with two attached hydrogens (primary N) is 1. The summed E-state index contributed by atoms with van der Waals surface area (Å²) >= 11 is 0. The van der Waals surface area contributed by atoms with Crippen molar-refractivity contribution in [3.63, 3.8) is 0 Å². The summed E-state index contributed by atoms with van der Waals surface area (Å²) in [5, 5.41) is 1.01. The third kappa shape index (κ3) is 5.05. The Hall–Kier alpha value is -3.51. The molecule has 5 rings (SSSR count). The van der Waals surface area contributed by atoms with Crippen molar-refractivity contribution in [2.45, 2.75) is 77.9 Å². The third-order valence-electron chi connectivity index (χ3n) is 9.09. The fraction of sp³-hybridized carbons (Fsp3) is 0.516. The standard InChI is InChI=1S/C31H41N7OSi/c1-20-23(18-33-24(36-20)14-17-40(6,7)31(2,3)4)27-25(26-28(32)34-19-35-29(26)37(27)5)21-10-12-22(13-11-21)30(39)38-15-8-9-16-38/h10,18-19,22H,8-9,11-13,15-16H2,1-7H3,(H2,32,34,35)/t22-/m0/s1. The van der Waals surface area contributed by atoms with E-state index in [2.05, 4.69) is 70.9 Å². The molecule has 0 aromatic carbocycles. The molecule has 0 unspecified atom stereocenters. The number of fused-ring (bicyclic) bond motifs is 1. The first-order valence-electron chi connectivity index (χ1n) is 14.3. The Morgan fingerprint density at radius 3 is 2.50 bits per heavy atom. The highest BCUT2D eigenvalue weighted by molar-refractivity contribution is 6.87. The predicted molar refractivity (Wildman–Crippen MR) is 164 cm³/mol. The van der Waals surface area contributed by atoms with Crippen LogP contribution in [0, 0.1) is 24.3 Å². The third-order valence-corrected chi connectivity index (χ3v) is 13.6. The fourth-order valence-corrected chi connectivity index (χ4v) is 6.34. The number of aryl methyl sites for hydroxylation is 2. The van der Waals surface area contributed by atoms with Gasteiger partial charge in [0.05, 0.1) is 16.8 Å². The maximum absolute atomic E-state index is 13.1. The summed E-state index contributed by atoms with van der Waals surface area (Å²) in [6, 6.07) is 0. The van der Waals surface area contributed by atoms with Crippen molar-refractivity contribution >= 4 is 36.4 Å². The number of hydrogen-bond donors (Lipinski definition) is 1. The number of carbonyl (C=O) groups excluding carboxylic acids is 1. The topological polar surface area (TPSA) is 103 Å². The van der Waals surface area contributed by atoms with Gasteiger partial charge in [0.1, 0.15) is 25.9 Å². The van der Waals surface area contributed by atoms with E-state index >= 15 is 0 Å². The molecule has 2 N–H and O–H groups in total. The molecule has 1 amide bonds. The quantitative estimate of drug-likeness (QED) is 0.337. The van der Waals surface area contributed by atoms with Crippen molar-refractivity contribution in [1.29, 1.82) is 0 Å². The fourth-order valence-electron chi connectivity index (χ4n) is 5.54. The molecule has 0 radical (unpaired) electrons. The van der Waals surface area contributed by atoms with Crippen molar-refractivity contribution in [3.05, 3.63) is 35.7 Å². The summed E-state index contributed by atoms with van der Waals surface area (Å²) in [5.74, 6) is 4.61. The average Bonchev–Trinajstić information content (AvgIpc) is 3.55. The Labute approximate surface area is 238 Å². The van der Waals surface area contributed by atoms with Crippen LogP contribution < -0.4 is 5.73 Å². The minimum Gasteiger partial charge on any atom is -0.383 e. The molecule has 0 bridgehead atoms. The van der Waals surface area contributed by atoms with Gasteiger partial charge < -0.3 is 15.2 Å². The zero-order chi connectivity index (χ0) is 28.8. The summed E-state index contributed by atoms with van der Waals surface area (Å²) in [7, 11) is 0.218. The molecule has 4 heterocycles. The predicted octanol–water partition coefficient (Wildman–Crippen LogP) is 5.52. The molecule has 210 valence electrons. The molecule has 8 nitrogen and oxygen atoms in total. The second kappa shape index (κ2) is 10.5. The van der Waals surface area contributed by atoms with Gasteiger partial charge in [0.25, 0.3) is 0 Å². The van der Waals surface area contributed by atoms with Gasteiger partial charge in [-0.1, -0.05) is 39.9 Å². The van der Waals surface area contributed by atoms with E-state index in [4.69, 9.17) is 10.7 Å². The summed E-state index contributed by atoms with van der Waals surface area (Å²) < 4.78 is 2.07. The summed E-state index contributed by atoms with van der Waals surface area (Å²) in [5.41, 5.74) is 15.7. The van der Waals surface area contributed by atoms with Gasteiger partial charge in [-0.3, -0.25) is 4.79 Å². The Balaban J connectivity index is 1.56. The molecule has 9 heteroatoms. The summed E-state index contributed by atoms with van der Waals surface area (Å²) in [4.78, 5) is 33.5. The van der Waals surface area contributed by atoms with Gasteiger partial charge in [0, 0.05) is 43.4 Å². The number of aromatic nitrogens is 5. The maximum atomic E-state index is 13.1. The lowest BCUT2D eigenvalue weighted by Crippen LogP contribution is -2.35. The normalized spacial score (nSPS) is 18.0. The van der Waals surface area contributed by atoms with Crippen LogP contribution in [0.15, 0.2) is 18.6 Å². The van der Waals surface area contributed by atoms with E-state index in [1.54, 1.807) is 0 Å². The first-order valence-corrected chi connectivity index (χ1v) is 17.3. The molecule has 0 saturated carbocycles. The van der Waals surface area contributed by atoms with Crippen LogP contribution in [-0.4, -0.2) is 56.5 Å². The smallest absolute Gasteiger partial charge is 0.226 e. The monoisotopic (exact) mass is 555 g/mol. The first kappa shape index (κ1) is 28.0. The van der Waals surface area contributed by atoms with E-state index in [0.717, 1.165) is 78.7 Å². The number of carbonyl (C=O) groups is 1. The van der Waals surface area contributed by atoms with Crippen molar-refractivity contribution in [1.82, 2.24) is 29.4 Å². The van der Waals surface area contributed by atoms with Crippen molar-refractivity contribution in [3.8, 4) is 22.7 Å². The molecule has 1 fully saturated rings. The minimum absolute atomic E-state index is 0.0395. The molecule has 3 aromatic rings. The lowest BCUT2D eigenvalue weighted by atomic mass is 9.84. The van der Waals surface area contributed by atoms with Crippen LogP contribution in [-0.2, 0) is 11.8 Å². The van der Waals surface area contributed by atoms with Crippen LogP contribution in [0.25, 0.3) is 27.9 Å². The second-order valence-electron chi connectivity index (χ2n) is 12.8. The minimum atomic E-state index is -1.78. The Morgan fingerprint density at radius 1 is 1.15 bits per heavy atom. The number of likely N-dealkylation sites (tertiary alicyclic amines) is 1. The highest BCUT2D eigenvalue weighted by Gasteiger charge is 2.34. The lowest BCUT2D eigenvalue weighted by molar-refractivity contribution is -0.134. The van der Waals surface area contributed by atoms with E-state index in [-0.39, 0.29) is 11.0 Å². The lowest BCUT2D eigenvalue weighted by Gasteiger charge is -2.31. The maximum Gasteiger partial charge on any atom is 0.226 e. The molecular formula is C31H41N7OSi. The van der Waals surface area contributed by atoms with Crippen LogP contribution in [0.5, 0.6) is 0 Å². The Bertz CT molecular complexity index is 1560. The number of nitrogens with zero attached hydrogens (tertiary/aromatic N) is 6. The number of hydrogen-bond acceptors (Lipinski definition) is 6. The molecule has 40 heavy (non-hydrogen) atoms. The zero-order valence-corrected chi connectivity index (χ0v) is 25.9. The molecule has 3 aromatic heterocycles. The van der Waals surface area contributed by atoms with Gasteiger partial charge in [-0.05, 0) is 55.6 Å². The number of nitrogen functional groups attached to an aromatic ring is 1. The van der Waals surface area contributed by atoms with Gasteiger partial charge in [-0.2, -0.15) is 0 Å². The van der Waals surface area contributed by atoms with Gasteiger partial charge in [0.2, 0.25) is 11.7 Å². The van der Waals surface area contributed by atoms with Crippen molar-refractivity contribution < 1.29 is 4.79 Å². The van der Waals surface area contributed by atoms with E-state index < -0.39 is 8.07 Å². The average molecular weight is 556 g/mol. The van der Waals surface area contributed by atoms with Crippen LogP contribution in [0.3, 0.4) is 0 Å². The van der Waals surface area contributed by atoms with Crippen LogP contribution >= 0.6 is 0 Å². The second-order valence-corrected chi connectivity index (χ2v) is 17.8. The summed E-state index contributed by atoms with van der Waals surface area (Å²) in [6.45, 7) is 15.1. The number of amides is 1. The van der Waals surface area contributed by atoms with E-state index in [0.29, 0.717) is 17.5 Å². The Kier molecular flexibility index (Phi) is 7.34. The number of allylic oxidation sites excluding steroid dienone is 2. The van der Waals surface area contributed by atoms with Gasteiger partial charge in [-0.15, -0.1) is 5.54 Å². The summed E-state index contributed by atoms with van der Waals surface area (Å²) in [6.07, 6.45) is 10.2. The van der Waals surface area contributed by atoms with Crippen molar-refractivity contribution in [2.75, 3.05) is 18.8 Å². The molecular weight excluding hydrogens is 514 g/mol. The van der Waals surface area contributed by atoms with Gasteiger partial charge in [0.15, 0.2) is 0 Å². The van der Waals surface area contributed by atoms with Crippen molar-refractivity contribution in [2.24, 2.45) is 13.0 Å². The van der Waals surface area contributed by atoms with Gasteiger partial charge in [-0.25, -0.2) is 19.9 Å². The van der Waals surface area contributed by atoms with Gasteiger partial charge >= 0.3 is 0 Å². The molecule has 1 aliphatic heterocycles. The molecule has 2 aliphatic rings. The van der Waals surface area contributed by atoms with Crippen LogP contribution in [0.1, 0.15) is 70.0 Å². The molecule has 1 atom stereocenters. The highest BCUT2D eigenvalue weighted by atomic mass is 28.3. The number of anilines is 1. The SMILES string of the molecule is Cc1nc(C#C[Si](C)(C)C(C)(C)C)ncc1-c1c(C2=CC[C@H](C(=O)N3CCCC3)CC2)c2c(N)ncnc2n1C. The van der Waals surface area contributed by atoms with Crippen LogP contribution in [0.4, 0.5) is 5.82 Å². The van der Waals surface area contributed by atoms with E-state index in [9.17, 15) is 4.79 Å². The van der Waals surface area contributed by atoms with E-state index in [1.165, 1.54) is 11.9 Å². The largest absolute Gasteiger partial charge is 0.383 e. The number of rotatable bonds is 3. The first-order chi connectivity index (χ1) is 18.9. The Morgan fingerprint density at radius 2 is 1.88 bits per heavy atom. The molecule has 0 spiro atoms. The van der Waals surface area contributed by atoms with Crippen LogP contribution in [0.2, 0.25) is 18.1 Å². The molecule has 1 aliphatic carbocycles. The van der Waals surface area contributed by atoms with E-state index in [1.807, 2.05) is 25.1 Å². The zero-order valence-electron chi connectivity index (χ0n) is 24.9. The molecule has 1 saturated heterocycles.